The van der Waals surface area contributed by atoms with Crippen LogP contribution >= 0.6 is 35.6 Å². The summed E-state index contributed by atoms with van der Waals surface area (Å²) in [5, 5.41) is 9.67. The molecule has 0 heterocycles. The average Bonchev–Trinajstić information content (AvgIpc) is 2.71. The molecule has 0 radical (unpaired) electrons. The normalized spacial score (nSPS) is 10.6. The fourth-order valence-electron chi connectivity index (χ4n) is 2.40. The third kappa shape index (κ3) is 9.85. The summed E-state index contributed by atoms with van der Waals surface area (Å²) in [5.41, 5.74) is 0.475. The molecule has 1 amide bonds. The van der Waals surface area contributed by atoms with Gasteiger partial charge >= 0.3 is 0 Å². The number of hydrogen-bond donors (Lipinski definition) is 3. The van der Waals surface area contributed by atoms with Crippen LogP contribution in [-0.2, 0) is 0 Å². The quantitative estimate of drug-likeness (QED) is 0.189. The van der Waals surface area contributed by atoms with Crippen molar-refractivity contribution in [1.29, 1.82) is 0 Å². The molecule has 2 aromatic rings. The molecule has 0 aromatic heterocycles. The van der Waals surface area contributed by atoms with Gasteiger partial charge in [-0.05, 0) is 31.2 Å². The minimum absolute atomic E-state index is 0. The number of ether oxygens (including phenoxy) is 1. The molecular formula is C21H28ClIN4O2. The number of carbonyl (C=O) groups is 1. The minimum Gasteiger partial charge on any atom is -0.494 e. The summed E-state index contributed by atoms with van der Waals surface area (Å²) in [6, 6.07) is 16.7. The number of nitrogens with one attached hydrogen (secondary N) is 3. The Labute approximate surface area is 194 Å². The second-order valence-electron chi connectivity index (χ2n) is 5.94. The van der Waals surface area contributed by atoms with Gasteiger partial charge in [-0.15, -0.1) is 24.0 Å². The monoisotopic (exact) mass is 530 g/mol. The Hall–Kier alpha value is -2.00. The van der Waals surface area contributed by atoms with Gasteiger partial charge in [-0.2, -0.15) is 0 Å². The summed E-state index contributed by atoms with van der Waals surface area (Å²) in [6.07, 6.45) is 0.814. The van der Waals surface area contributed by atoms with Crippen molar-refractivity contribution in [3.05, 3.63) is 65.2 Å². The third-order valence-corrected chi connectivity index (χ3v) is 4.08. The molecule has 2 rings (SSSR count). The molecule has 0 fully saturated rings. The van der Waals surface area contributed by atoms with Crippen molar-refractivity contribution >= 4 is 47.4 Å². The lowest BCUT2D eigenvalue weighted by Crippen LogP contribution is -2.41. The first-order valence-corrected chi connectivity index (χ1v) is 9.81. The number of amides is 1. The summed E-state index contributed by atoms with van der Waals surface area (Å²) >= 11 is 6.03. The van der Waals surface area contributed by atoms with Gasteiger partial charge in [-0.1, -0.05) is 41.9 Å². The molecule has 2 aromatic carbocycles. The van der Waals surface area contributed by atoms with Gasteiger partial charge < -0.3 is 20.7 Å². The van der Waals surface area contributed by atoms with Crippen LogP contribution in [0.25, 0.3) is 0 Å². The Kier molecular flexibility index (Phi) is 12.9. The van der Waals surface area contributed by atoms with E-state index in [1.807, 2.05) is 37.3 Å². The van der Waals surface area contributed by atoms with E-state index in [9.17, 15) is 4.79 Å². The van der Waals surface area contributed by atoms with Crippen LogP contribution in [0.4, 0.5) is 0 Å². The van der Waals surface area contributed by atoms with E-state index in [1.54, 1.807) is 24.3 Å². The highest BCUT2D eigenvalue weighted by Crippen LogP contribution is 2.14. The number of benzene rings is 2. The average molecular weight is 531 g/mol. The summed E-state index contributed by atoms with van der Waals surface area (Å²) in [5.74, 6) is 1.40. The molecule has 0 aliphatic rings. The number of nitrogens with zero attached hydrogens (tertiary/aromatic N) is 1. The molecule has 0 saturated carbocycles. The highest BCUT2D eigenvalue weighted by Gasteiger charge is 2.08. The Morgan fingerprint density at radius 3 is 2.41 bits per heavy atom. The summed E-state index contributed by atoms with van der Waals surface area (Å²) in [7, 11) is 0. The molecule has 0 aliphatic heterocycles. The van der Waals surface area contributed by atoms with Crippen molar-refractivity contribution in [2.75, 3.05) is 32.8 Å². The highest BCUT2D eigenvalue weighted by atomic mass is 127. The first kappa shape index (κ1) is 25.0. The van der Waals surface area contributed by atoms with Gasteiger partial charge in [0.25, 0.3) is 5.91 Å². The van der Waals surface area contributed by atoms with Crippen LogP contribution in [0.2, 0.25) is 5.02 Å². The van der Waals surface area contributed by atoms with Crippen LogP contribution in [0.15, 0.2) is 59.6 Å². The van der Waals surface area contributed by atoms with E-state index < -0.39 is 0 Å². The second-order valence-corrected chi connectivity index (χ2v) is 6.35. The number of aliphatic imine (C=N–C) groups is 1. The minimum atomic E-state index is -0.188. The zero-order chi connectivity index (χ0) is 20.0. The molecule has 29 heavy (non-hydrogen) atoms. The lowest BCUT2D eigenvalue weighted by molar-refractivity contribution is 0.0954. The maximum Gasteiger partial charge on any atom is 0.252 e. The van der Waals surface area contributed by atoms with E-state index in [1.165, 1.54) is 0 Å². The van der Waals surface area contributed by atoms with Crippen LogP contribution in [0.1, 0.15) is 23.7 Å². The van der Waals surface area contributed by atoms with Crippen LogP contribution in [0.5, 0.6) is 5.75 Å². The molecule has 0 bridgehead atoms. The maximum atomic E-state index is 12.1. The Balaban J connectivity index is 0.00000420. The van der Waals surface area contributed by atoms with Gasteiger partial charge in [0.1, 0.15) is 5.75 Å². The largest absolute Gasteiger partial charge is 0.494 e. The number of carbonyl (C=O) groups excluding carboxylic acids is 1. The van der Waals surface area contributed by atoms with E-state index >= 15 is 0 Å². The van der Waals surface area contributed by atoms with Gasteiger partial charge in [0, 0.05) is 32.6 Å². The van der Waals surface area contributed by atoms with Gasteiger partial charge in [0.05, 0.1) is 17.2 Å². The van der Waals surface area contributed by atoms with Crippen molar-refractivity contribution in [1.82, 2.24) is 16.0 Å². The molecule has 3 N–H and O–H groups in total. The first-order chi connectivity index (χ1) is 13.7. The molecule has 0 unspecified atom stereocenters. The zero-order valence-corrected chi connectivity index (χ0v) is 19.6. The molecule has 158 valence electrons. The van der Waals surface area contributed by atoms with Crippen molar-refractivity contribution in [3.8, 4) is 5.75 Å². The number of para-hydroxylation sites is 1. The van der Waals surface area contributed by atoms with Crippen molar-refractivity contribution in [2.24, 2.45) is 4.99 Å². The zero-order valence-electron chi connectivity index (χ0n) is 16.5. The summed E-state index contributed by atoms with van der Waals surface area (Å²) in [4.78, 5) is 16.6. The fraction of sp³-hybridized carbons (Fsp3) is 0.333. The molecule has 0 atom stereocenters. The lowest BCUT2D eigenvalue weighted by Gasteiger charge is -2.12. The summed E-state index contributed by atoms with van der Waals surface area (Å²) < 4.78 is 5.66. The van der Waals surface area contributed by atoms with Crippen LogP contribution in [0.3, 0.4) is 0 Å². The molecule has 0 saturated heterocycles. The summed E-state index contributed by atoms with van der Waals surface area (Å²) in [6.45, 7) is 5.05. The maximum absolute atomic E-state index is 12.1. The molecule has 0 spiro atoms. The van der Waals surface area contributed by atoms with E-state index in [-0.39, 0.29) is 29.9 Å². The lowest BCUT2D eigenvalue weighted by atomic mass is 10.2. The third-order valence-electron chi connectivity index (χ3n) is 3.75. The molecule has 6 nitrogen and oxygen atoms in total. The predicted molar refractivity (Wildman–Crippen MR) is 130 cm³/mol. The SMILES string of the molecule is CCNC(=NCCCOc1ccccc1)NCCNC(=O)c1ccccc1Cl.I. The Morgan fingerprint density at radius 1 is 1.00 bits per heavy atom. The van der Waals surface area contributed by atoms with Gasteiger partial charge in [0.15, 0.2) is 5.96 Å². The number of guanidine groups is 1. The molecular weight excluding hydrogens is 503 g/mol. The van der Waals surface area contributed by atoms with Gasteiger partial charge in [-0.25, -0.2) is 0 Å². The van der Waals surface area contributed by atoms with Gasteiger partial charge in [0.2, 0.25) is 0 Å². The Morgan fingerprint density at radius 2 is 1.69 bits per heavy atom. The van der Waals surface area contributed by atoms with E-state index in [0.29, 0.717) is 42.8 Å². The molecule has 8 heteroatoms. The fourth-order valence-corrected chi connectivity index (χ4v) is 2.62. The van der Waals surface area contributed by atoms with E-state index in [4.69, 9.17) is 16.3 Å². The van der Waals surface area contributed by atoms with Crippen molar-refractivity contribution in [3.63, 3.8) is 0 Å². The smallest absolute Gasteiger partial charge is 0.252 e. The standard InChI is InChI=1S/C21H27ClN4O2.HI/c1-2-23-21(25-13-8-16-28-17-9-4-3-5-10-17)26-15-14-24-20(27)18-11-6-7-12-19(18)22;/h3-7,9-12H,2,8,13-16H2,1H3,(H,24,27)(H2,23,25,26);1H. The van der Waals surface area contributed by atoms with Crippen molar-refractivity contribution in [2.45, 2.75) is 13.3 Å². The number of rotatable bonds is 10. The van der Waals surface area contributed by atoms with E-state index in [0.717, 1.165) is 18.7 Å². The Bertz CT molecular complexity index is 759. The van der Waals surface area contributed by atoms with Crippen molar-refractivity contribution < 1.29 is 9.53 Å². The second kappa shape index (κ2) is 14.9. The molecule has 0 aliphatic carbocycles. The highest BCUT2D eigenvalue weighted by molar-refractivity contribution is 14.0. The topological polar surface area (TPSA) is 74.8 Å². The van der Waals surface area contributed by atoms with Gasteiger partial charge in [-0.3, -0.25) is 9.79 Å². The van der Waals surface area contributed by atoms with Crippen LogP contribution in [-0.4, -0.2) is 44.7 Å². The first-order valence-electron chi connectivity index (χ1n) is 9.43. The predicted octanol–water partition coefficient (Wildman–Crippen LogP) is 3.71. The van der Waals surface area contributed by atoms with Crippen LogP contribution < -0.4 is 20.7 Å². The van der Waals surface area contributed by atoms with Crippen LogP contribution in [0, 0.1) is 0 Å². The number of halogens is 2. The van der Waals surface area contributed by atoms with E-state index in [2.05, 4.69) is 20.9 Å². The number of hydrogen-bond acceptors (Lipinski definition) is 3.